The molecule has 1 amide bonds. The Hall–Kier alpha value is -1.39. The summed E-state index contributed by atoms with van der Waals surface area (Å²) >= 11 is 0. The van der Waals surface area contributed by atoms with Gasteiger partial charge in [-0.25, -0.2) is 0 Å². The first kappa shape index (κ1) is 15.7. The van der Waals surface area contributed by atoms with E-state index in [4.69, 9.17) is 5.11 Å². The monoisotopic (exact) mass is 264 g/mol. The van der Waals surface area contributed by atoms with E-state index in [9.17, 15) is 4.79 Å². The number of carbonyl (C=O) groups excluding carboxylic acids is 1. The first-order valence-corrected chi connectivity index (χ1v) is 6.90. The van der Waals surface area contributed by atoms with Crippen LogP contribution in [0, 0.1) is 0 Å². The third-order valence-corrected chi connectivity index (χ3v) is 3.04. The zero-order valence-corrected chi connectivity index (χ0v) is 11.6. The number of aliphatic hydroxyl groups excluding tert-OH is 1. The van der Waals surface area contributed by atoms with Crippen molar-refractivity contribution < 1.29 is 9.90 Å². The summed E-state index contributed by atoms with van der Waals surface area (Å²) in [7, 11) is 0. The minimum atomic E-state index is 0.0309. The third-order valence-electron chi connectivity index (χ3n) is 3.04. The number of amides is 1. The van der Waals surface area contributed by atoms with Crippen molar-refractivity contribution >= 4 is 5.91 Å². The van der Waals surface area contributed by atoms with E-state index in [0.717, 1.165) is 19.4 Å². The summed E-state index contributed by atoms with van der Waals surface area (Å²) in [5.74, 6) is 0.0309. The fourth-order valence-electron chi connectivity index (χ4n) is 1.91. The minimum absolute atomic E-state index is 0.0309. The van der Waals surface area contributed by atoms with Gasteiger partial charge in [0, 0.05) is 13.1 Å². The van der Waals surface area contributed by atoms with Crippen LogP contribution in [-0.2, 0) is 11.2 Å². The molecule has 0 unspecified atom stereocenters. The Morgan fingerprint density at radius 1 is 1.32 bits per heavy atom. The number of aryl methyl sites for hydroxylation is 1. The molecule has 2 N–H and O–H groups in total. The highest BCUT2D eigenvalue weighted by Crippen LogP contribution is 2.01. The second kappa shape index (κ2) is 9.53. The van der Waals surface area contributed by atoms with Crippen molar-refractivity contribution in [1.82, 2.24) is 10.2 Å². The molecule has 0 aliphatic rings. The molecule has 1 aromatic rings. The molecule has 1 aromatic carbocycles. The van der Waals surface area contributed by atoms with Crippen LogP contribution in [0.15, 0.2) is 30.3 Å². The van der Waals surface area contributed by atoms with Crippen LogP contribution in [-0.4, -0.2) is 48.7 Å². The Labute approximate surface area is 115 Å². The van der Waals surface area contributed by atoms with Gasteiger partial charge in [0.25, 0.3) is 0 Å². The zero-order valence-electron chi connectivity index (χ0n) is 11.6. The summed E-state index contributed by atoms with van der Waals surface area (Å²) in [5.41, 5.74) is 1.30. The second-order valence-electron chi connectivity index (χ2n) is 4.53. The number of hydrogen-bond donors (Lipinski definition) is 2. The molecule has 0 fully saturated rings. The van der Waals surface area contributed by atoms with Crippen LogP contribution in [0.5, 0.6) is 0 Å². The zero-order chi connectivity index (χ0) is 13.9. The van der Waals surface area contributed by atoms with Gasteiger partial charge in [-0.05, 0) is 24.9 Å². The van der Waals surface area contributed by atoms with Crippen LogP contribution in [0.25, 0.3) is 0 Å². The van der Waals surface area contributed by atoms with Gasteiger partial charge in [0.1, 0.15) is 0 Å². The Morgan fingerprint density at radius 2 is 2.05 bits per heavy atom. The molecule has 0 radical (unpaired) electrons. The van der Waals surface area contributed by atoms with E-state index in [1.807, 2.05) is 30.0 Å². The highest BCUT2D eigenvalue weighted by atomic mass is 16.3. The van der Waals surface area contributed by atoms with Gasteiger partial charge in [0.15, 0.2) is 0 Å². The number of carbonyl (C=O) groups is 1. The van der Waals surface area contributed by atoms with E-state index in [0.29, 0.717) is 19.6 Å². The van der Waals surface area contributed by atoms with Crippen molar-refractivity contribution in [2.45, 2.75) is 19.8 Å². The molecule has 0 aliphatic heterocycles. The molecule has 0 bridgehead atoms. The highest BCUT2D eigenvalue weighted by Gasteiger charge is 2.07. The van der Waals surface area contributed by atoms with Crippen molar-refractivity contribution in [3.8, 4) is 0 Å². The normalized spacial score (nSPS) is 10.7. The lowest BCUT2D eigenvalue weighted by molar-refractivity contribution is -0.122. The quantitative estimate of drug-likeness (QED) is 0.656. The van der Waals surface area contributed by atoms with Crippen LogP contribution in [0.2, 0.25) is 0 Å². The third kappa shape index (κ3) is 6.94. The number of likely N-dealkylation sites (N-methyl/N-ethyl adjacent to an activating group) is 1. The van der Waals surface area contributed by atoms with Gasteiger partial charge >= 0.3 is 0 Å². The molecular formula is C15H24N2O2. The summed E-state index contributed by atoms with van der Waals surface area (Å²) in [6.45, 7) is 4.46. The minimum Gasteiger partial charge on any atom is -0.395 e. The lowest BCUT2D eigenvalue weighted by Crippen LogP contribution is -2.38. The Balaban J connectivity index is 2.13. The van der Waals surface area contributed by atoms with Crippen LogP contribution >= 0.6 is 0 Å². The number of benzene rings is 1. The van der Waals surface area contributed by atoms with Gasteiger partial charge in [-0.1, -0.05) is 37.3 Å². The lowest BCUT2D eigenvalue weighted by Gasteiger charge is -2.18. The first-order chi connectivity index (χ1) is 9.26. The predicted octanol–water partition coefficient (Wildman–Crippen LogP) is 1.05. The van der Waals surface area contributed by atoms with Crippen molar-refractivity contribution in [2.75, 3.05) is 32.8 Å². The van der Waals surface area contributed by atoms with Crippen LogP contribution in [0.4, 0.5) is 0 Å². The number of nitrogens with one attached hydrogen (secondary N) is 1. The van der Waals surface area contributed by atoms with E-state index in [2.05, 4.69) is 17.4 Å². The lowest BCUT2D eigenvalue weighted by atomic mass is 10.1. The molecule has 0 atom stereocenters. The molecule has 0 saturated heterocycles. The number of nitrogens with zero attached hydrogens (tertiary/aromatic N) is 1. The van der Waals surface area contributed by atoms with Gasteiger partial charge in [-0.15, -0.1) is 0 Å². The molecule has 0 aromatic heterocycles. The van der Waals surface area contributed by atoms with Crippen LogP contribution in [0.1, 0.15) is 18.9 Å². The van der Waals surface area contributed by atoms with E-state index >= 15 is 0 Å². The summed E-state index contributed by atoms with van der Waals surface area (Å²) in [6.07, 6.45) is 1.93. The predicted molar refractivity (Wildman–Crippen MR) is 77.0 cm³/mol. The second-order valence-corrected chi connectivity index (χ2v) is 4.53. The Morgan fingerprint density at radius 3 is 2.68 bits per heavy atom. The standard InChI is InChI=1S/C15H24N2O2/c1-2-17(11-12-18)13-15(19)16-10-6-9-14-7-4-3-5-8-14/h3-5,7-8,18H,2,6,9-13H2,1H3,(H,16,19). The largest absolute Gasteiger partial charge is 0.395 e. The van der Waals surface area contributed by atoms with Gasteiger partial charge in [-0.3, -0.25) is 9.69 Å². The number of hydrogen-bond acceptors (Lipinski definition) is 3. The maximum absolute atomic E-state index is 11.7. The topological polar surface area (TPSA) is 52.6 Å². The maximum atomic E-state index is 11.7. The van der Waals surface area contributed by atoms with Gasteiger partial charge in [-0.2, -0.15) is 0 Å². The Kier molecular flexibility index (Phi) is 7.86. The van der Waals surface area contributed by atoms with E-state index in [1.165, 1.54) is 5.56 Å². The molecule has 0 saturated carbocycles. The van der Waals surface area contributed by atoms with Crippen molar-refractivity contribution in [3.63, 3.8) is 0 Å². The smallest absolute Gasteiger partial charge is 0.234 e. The Bertz CT molecular complexity index is 354. The summed E-state index contributed by atoms with van der Waals surface area (Å²) in [4.78, 5) is 13.6. The molecule has 1 rings (SSSR count). The van der Waals surface area contributed by atoms with Crippen molar-refractivity contribution in [3.05, 3.63) is 35.9 Å². The number of aliphatic hydroxyl groups is 1. The number of rotatable bonds is 9. The summed E-state index contributed by atoms with van der Waals surface area (Å²) in [6, 6.07) is 10.3. The average Bonchev–Trinajstić information content (AvgIpc) is 2.44. The molecule has 0 spiro atoms. The SMILES string of the molecule is CCN(CCO)CC(=O)NCCCc1ccccc1. The van der Waals surface area contributed by atoms with Gasteiger partial charge < -0.3 is 10.4 Å². The molecular weight excluding hydrogens is 240 g/mol. The molecule has 0 heterocycles. The van der Waals surface area contributed by atoms with Crippen LogP contribution < -0.4 is 5.32 Å². The van der Waals surface area contributed by atoms with Crippen molar-refractivity contribution in [2.24, 2.45) is 0 Å². The molecule has 4 heteroatoms. The molecule has 0 aliphatic carbocycles. The summed E-state index contributed by atoms with van der Waals surface area (Å²) in [5, 5.41) is 11.8. The molecule has 19 heavy (non-hydrogen) atoms. The maximum Gasteiger partial charge on any atom is 0.234 e. The first-order valence-electron chi connectivity index (χ1n) is 6.90. The van der Waals surface area contributed by atoms with E-state index in [-0.39, 0.29) is 12.5 Å². The van der Waals surface area contributed by atoms with Gasteiger partial charge in [0.05, 0.1) is 13.2 Å². The van der Waals surface area contributed by atoms with E-state index < -0.39 is 0 Å². The molecule has 4 nitrogen and oxygen atoms in total. The van der Waals surface area contributed by atoms with E-state index in [1.54, 1.807) is 0 Å². The fraction of sp³-hybridized carbons (Fsp3) is 0.533. The molecule has 106 valence electrons. The average molecular weight is 264 g/mol. The highest BCUT2D eigenvalue weighted by molar-refractivity contribution is 5.77. The van der Waals surface area contributed by atoms with Crippen molar-refractivity contribution in [1.29, 1.82) is 0 Å². The van der Waals surface area contributed by atoms with Crippen LogP contribution in [0.3, 0.4) is 0 Å². The summed E-state index contributed by atoms with van der Waals surface area (Å²) < 4.78 is 0. The van der Waals surface area contributed by atoms with Gasteiger partial charge in [0.2, 0.25) is 5.91 Å². The fourth-order valence-corrected chi connectivity index (χ4v) is 1.91.